The second-order valence-corrected chi connectivity index (χ2v) is 9.99. The number of carbonyl (C=O) groups is 1. The molecule has 34 heavy (non-hydrogen) atoms. The summed E-state index contributed by atoms with van der Waals surface area (Å²) in [4.78, 5) is 37.3. The highest BCUT2D eigenvalue weighted by atomic mass is 79.9. The first-order valence-electron chi connectivity index (χ1n) is 9.83. The highest BCUT2D eigenvalue weighted by Crippen LogP contribution is 2.46. The number of halogens is 1. The van der Waals surface area contributed by atoms with E-state index in [4.69, 9.17) is 20.2 Å². The molecule has 11 nitrogen and oxygen atoms in total. The molecule has 0 bridgehead atoms. The summed E-state index contributed by atoms with van der Waals surface area (Å²) in [5, 5.41) is 11.6. The number of terminal acetylenes is 1. The Balaban J connectivity index is 1.81. The number of benzene rings is 1. The van der Waals surface area contributed by atoms with Gasteiger partial charge in [0.1, 0.15) is 18.4 Å². The molecule has 2 heterocycles. The Labute approximate surface area is 202 Å². The summed E-state index contributed by atoms with van der Waals surface area (Å²) >= 11 is 3.28. The molecule has 1 aromatic heterocycles. The van der Waals surface area contributed by atoms with Gasteiger partial charge in [0.2, 0.25) is 0 Å². The van der Waals surface area contributed by atoms with E-state index in [2.05, 4.69) is 31.9 Å². The van der Waals surface area contributed by atoms with Crippen LogP contribution >= 0.6 is 23.7 Å². The summed E-state index contributed by atoms with van der Waals surface area (Å²) in [6.07, 6.45) is 8.92. The summed E-state index contributed by atoms with van der Waals surface area (Å²) in [6.45, 7) is 2.30. The van der Waals surface area contributed by atoms with E-state index in [0.717, 1.165) is 9.04 Å². The molecular formula is C21H21BrN3O8P. The van der Waals surface area contributed by atoms with Gasteiger partial charge in [0, 0.05) is 16.2 Å². The lowest BCUT2D eigenvalue weighted by Gasteiger charge is -2.27. The van der Waals surface area contributed by atoms with Gasteiger partial charge in [0.15, 0.2) is 11.8 Å². The summed E-state index contributed by atoms with van der Waals surface area (Å²) in [5.41, 5.74) is -2.51. The van der Waals surface area contributed by atoms with Gasteiger partial charge in [-0.3, -0.25) is 23.7 Å². The summed E-state index contributed by atoms with van der Waals surface area (Å²) in [6, 6.07) is 5.02. The lowest BCUT2D eigenvalue weighted by molar-refractivity contribution is -0.138. The third-order valence-electron chi connectivity index (χ3n) is 4.74. The number of ether oxygens (including phenoxy) is 1. The van der Waals surface area contributed by atoms with Crippen LogP contribution in [-0.4, -0.2) is 38.9 Å². The Morgan fingerprint density at radius 1 is 1.44 bits per heavy atom. The monoisotopic (exact) mass is 553 g/mol. The van der Waals surface area contributed by atoms with Crippen molar-refractivity contribution in [1.29, 1.82) is 0 Å². The maximum Gasteiger partial charge on any atom is 0.459 e. The maximum atomic E-state index is 13.4. The molecule has 180 valence electrons. The molecule has 0 fully saturated rings. The number of nitrogens with zero attached hydrogens (tertiary/aromatic N) is 1. The molecule has 2 unspecified atom stereocenters. The molecule has 0 spiro atoms. The molecular weight excluding hydrogens is 533 g/mol. The normalized spacial score (nSPS) is 22.0. The Kier molecular flexibility index (Phi) is 7.65. The molecule has 3 N–H and O–H groups in total. The fourth-order valence-corrected chi connectivity index (χ4v) is 4.65. The van der Waals surface area contributed by atoms with Crippen molar-refractivity contribution < 1.29 is 28.3 Å². The van der Waals surface area contributed by atoms with Gasteiger partial charge in [0.05, 0.1) is 0 Å². The minimum Gasteiger partial charge on any atom is -0.480 e. The zero-order chi connectivity index (χ0) is 25.1. The molecule has 1 aromatic carbocycles. The SMILES string of the molecule is C#C[C@@]1(COP(=O)(NC(C)C(=O)O)Oc2ccc(Br)cc2)C=C[C@H](n2cc(C)c(=O)[nH]c2=O)O1. The second-order valence-electron chi connectivity index (χ2n) is 7.39. The molecule has 0 amide bonds. The van der Waals surface area contributed by atoms with Gasteiger partial charge in [-0.15, -0.1) is 6.42 Å². The fourth-order valence-electron chi connectivity index (χ4n) is 2.86. The third kappa shape index (κ3) is 5.94. The lowest BCUT2D eigenvalue weighted by atomic mass is 10.1. The highest BCUT2D eigenvalue weighted by molar-refractivity contribution is 9.10. The van der Waals surface area contributed by atoms with E-state index < -0.39 is 49.4 Å². The first-order valence-corrected chi connectivity index (χ1v) is 12.2. The number of hydrogen-bond donors (Lipinski definition) is 3. The average Bonchev–Trinajstić information content (AvgIpc) is 3.21. The van der Waals surface area contributed by atoms with E-state index in [0.29, 0.717) is 0 Å². The van der Waals surface area contributed by atoms with Crippen LogP contribution in [0.4, 0.5) is 0 Å². The molecule has 1 aliphatic heterocycles. The Bertz CT molecular complexity index is 1310. The number of nitrogens with one attached hydrogen (secondary N) is 2. The number of hydrogen-bond acceptors (Lipinski definition) is 7. The first-order chi connectivity index (χ1) is 16.0. The molecule has 4 atom stereocenters. The van der Waals surface area contributed by atoms with Crippen LogP contribution in [-0.2, 0) is 18.6 Å². The fraction of sp³-hybridized carbons (Fsp3) is 0.286. The van der Waals surface area contributed by atoms with Gasteiger partial charge in [-0.2, -0.15) is 5.09 Å². The smallest absolute Gasteiger partial charge is 0.459 e. The first kappa shape index (κ1) is 25.7. The average molecular weight is 554 g/mol. The molecule has 3 rings (SSSR count). The molecule has 0 saturated heterocycles. The van der Waals surface area contributed by atoms with E-state index >= 15 is 0 Å². The predicted molar refractivity (Wildman–Crippen MR) is 125 cm³/mol. The topological polar surface area (TPSA) is 149 Å². The van der Waals surface area contributed by atoms with Gasteiger partial charge in [-0.1, -0.05) is 21.9 Å². The van der Waals surface area contributed by atoms with Crippen molar-refractivity contribution in [3.05, 3.63) is 73.5 Å². The number of H-pyrrole nitrogens is 1. The predicted octanol–water partition coefficient (Wildman–Crippen LogP) is 2.33. The van der Waals surface area contributed by atoms with Gasteiger partial charge < -0.3 is 14.4 Å². The minimum absolute atomic E-state index is 0.155. The van der Waals surface area contributed by atoms with Crippen molar-refractivity contribution >= 4 is 29.6 Å². The summed E-state index contributed by atoms with van der Waals surface area (Å²) in [5.74, 6) is 1.27. The van der Waals surface area contributed by atoms with Crippen LogP contribution in [0.2, 0.25) is 0 Å². The van der Waals surface area contributed by atoms with Crippen LogP contribution in [0.15, 0.2) is 56.7 Å². The van der Waals surface area contributed by atoms with Gasteiger partial charge in [-0.25, -0.2) is 9.36 Å². The van der Waals surface area contributed by atoms with Gasteiger partial charge in [0.25, 0.3) is 5.56 Å². The van der Waals surface area contributed by atoms with E-state index in [1.807, 2.05) is 0 Å². The van der Waals surface area contributed by atoms with Crippen LogP contribution in [0.1, 0.15) is 18.7 Å². The zero-order valence-electron chi connectivity index (χ0n) is 18.1. The van der Waals surface area contributed by atoms with Crippen molar-refractivity contribution in [1.82, 2.24) is 14.6 Å². The number of aromatic nitrogens is 2. The van der Waals surface area contributed by atoms with E-state index in [9.17, 15) is 24.1 Å². The van der Waals surface area contributed by atoms with E-state index in [-0.39, 0.29) is 11.3 Å². The quantitative estimate of drug-likeness (QED) is 0.241. The zero-order valence-corrected chi connectivity index (χ0v) is 20.5. The second kappa shape index (κ2) is 10.1. The summed E-state index contributed by atoms with van der Waals surface area (Å²) in [7, 11) is -4.26. The number of carboxylic acids is 1. The molecule has 0 aliphatic carbocycles. The molecule has 13 heteroatoms. The Morgan fingerprint density at radius 3 is 2.74 bits per heavy atom. The van der Waals surface area contributed by atoms with Crippen LogP contribution in [0.3, 0.4) is 0 Å². The van der Waals surface area contributed by atoms with Crippen LogP contribution < -0.4 is 20.9 Å². The number of carboxylic acid groups (broad SMARTS) is 1. The molecule has 2 aromatic rings. The van der Waals surface area contributed by atoms with E-state index in [1.165, 1.54) is 44.3 Å². The Hall–Kier alpha value is -2.94. The largest absolute Gasteiger partial charge is 0.480 e. The van der Waals surface area contributed by atoms with Gasteiger partial charge >= 0.3 is 19.4 Å². The number of rotatable bonds is 9. The van der Waals surface area contributed by atoms with Crippen LogP contribution in [0.25, 0.3) is 0 Å². The van der Waals surface area contributed by atoms with Crippen molar-refractivity contribution in [2.75, 3.05) is 6.61 Å². The summed E-state index contributed by atoms with van der Waals surface area (Å²) < 4.78 is 32.1. The number of aliphatic carboxylic acids is 1. The van der Waals surface area contributed by atoms with Crippen molar-refractivity contribution in [2.45, 2.75) is 31.7 Å². The van der Waals surface area contributed by atoms with Crippen LogP contribution in [0.5, 0.6) is 5.75 Å². The van der Waals surface area contributed by atoms with Crippen molar-refractivity contribution in [2.24, 2.45) is 0 Å². The highest BCUT2D eigenvalue weighted by Gasteiger charge is 2.40. The van der Waals surface area contributed by atoms with Crippen LogP contribution in [0, 0.1) is 19.3 Å². The molecule has 0 saturated carbocycles. The molecule has 1 aliphatic rings. The standard InChI is InChI=1S/C21H21BrN3O8P/c1-4-21(10-9-17(32-21)25-11-13(2)18(26)23-20(25)29)12-31-34(30,24-14(3)19(27)28)33-16-7-5-15(22)6-8-16/h1,5-11,14,17H,12H2,2-3H3,(H,24,30)(H,27,28)(H,23,26,29)/t14?,17-,21+,34?/m1/s1. The molecule has 0 radical (unpaired) electrons. The van der Waals surface area contributed by atoms with E-state index in [1.54, 1.807) is 12.1 Å². The number of aromatic amines is 1. The maximum absolute atomic E-state index is 13.4. The minimum atomic E-state index is -4.26. The number of aryl methyl sites for hydroxylation is 1. The lowest BCUT2D eigenvalue weighted by Crippen LogP contribution is -2.38. The van der Waals surface area contributed by atoms with Gasteiger partial charge in [-0.05, 0) is 50.3 Å². The Morgan fingerprint density at radius 2 is 2.12 bits per heavy atom. The van der Waals surface area contributed by atoms with Crippen molar-refractivity contribution in [3.8, 4) is 18.1 Å². The van der Waals surface area contributed by atoms with Crippen molar-refractivity contribution in [3.63, 3.8) is 0 Å². The third-order valence-corrected chi connectivity index (χ3v) is 6.89.